The first-order valence-electron chi connectivity index (χ1n) is 12.5. The predicted molar refractivity (Wildman–Crippen MR) is 132 cm³/mol. The molecular weight excluding hydrogens is 426 g/mol. The van der Waals surface area contributed by atoms with Gasteiger partial charge in [0.05, 0.1) is 12.7 Å². The number of benzene rings is 2. The van der Waals surface area contributed by atoms with Crippen LogP contribution in [0.5, 0.6) is 5.75 Å². The van der Waals surface area contributed by atoms with Crippen LogP contribution in [0.1, 0.15) is 52.4 Å². The molecule has 0 amide bonds. The highest BCUT2D eigenvalue weighted by molar-refractivity contribution is 5.88. The Hall–Kier alpha value is -2.83. The molecule has 3 fully saturated rings. The number of H-pyrrole nitrogens is 1. The molecule has 3 aromatic rings. The topological polar surface area (TPSA) is 68.8 Å². The number of hydrogen-bond donors (Lipinski definition) is 2. The molecule has 2 N–H and O–H groups in total. The van der Waals surface area contributed by atoms with Gasteiger partial charge in [-0.3, -0.25) is 9.80 Å². The van der Waals surface area contributed by atoms with E-state index in [4.69, 9.17) is 4.74 Å². The van der Waals surface area contributed by atoms with Crippen LogP contribution in [0.25, 0.3) is 10.9 Å². The second kappa shape index (κ2) is 8.43. The van der Waals surface area contributed by atoms with Crippen molar-refractivity contribution in [3.8, 4) is 5.75 Å². The molecule has 2 aliphatic heterocycles. The summed E-state index contributed by atoms with van der Waals surface area (Å²) in [5.74, 6) is 1.71. The lowest BCUT2D eigenvalue weighted by Crippen LogP contribution is -2.53. The molecule has 6 rings (SSSR count). The average Bonchev–Trinajstić information content (AvgIpc) is 3.57. The molecule has 1 aromatic heterocycles. The summed E-state index contributed by atoms with van der Waals surface area (Å²) >= 11 is 0. The van der Waals surface area contributed by atoms with Crippen LogP contribution in [0.3, 0.4) is 0 Å². The van der Waals surface area contributed by atoms with E-state index < -0.39 is 5.97 Å². The van der Waals surface area contributed by atoms with Crippen LogP contribution in [0.15, 0.2) is 42.6 Å². The minimum Gasteiger partial charge on any atom is -0.496 e. The lowest BCUT2D eigenvalue weighted by Gasteiger charge is -2.45. The van der Waals surface area contributed by atoms with E-state index in [-0.39, 0.29) is 6.04 Å². The number of nitrogens with one attached hydrogen (secondary N) is 1. The molecule has 3 aliphatic rings. The van der Waals surface area contributed by atoms with Crippen LogP contribution < -0.4 is 4.74 Å². The van der Waals surface area contributed by atoms with Crippen molar-refractivity contribution < 1.29 is 14.6 Å². The zero-order valence-corrected chi connectivity index (χ0v) is 20.0. The number of ether oxygens (including phenoxy) is 1. The number of hydrogen-bond acceptors (Lipinski definition) is 4. The second-order valence-corrected chi connectivity index (χ2v) is 10.4. The fourth-order valence-electron chi connectivity index (χ4n) is 6.99. The third kappa shape index (κ3) is 3.51. The molecular formula is C28H33N3O3. The number of aromatic amines is 1. The number of nitrogens with zero attached hydrogens (tertiary/aromatic N) is 2. The van der Waals surface area contributed by atoms with Crippen LogP contribution in [-0.4, -0.2) is 58.6 Å². The minimum absolute atomic E-state index is 0.220. The molecule has 0 spiro atoms. The van der Waals surface area contributed by atoms with Crippen molar-refractivity contribution >= 4 is 16.9 Å². The first-order chi connectivity index (χ1) is 16.5. The van der Waals surface area contributed by atoms with Gasteiger partial charge in [0, 0.05) is 60.9 Å². The van der Waals surface area contributed by atoms with Crippen LogP contribution >= 0.6 is 0 Å². The van der Waals surface area contributed by atoms with E-state index in [1.165, 1.54) is 53.4 Å². The standard InChI is InChI=1S/C28H33N3O3/c1-17-12-26(34-2)23(22-10-11-29-27(17)22)14-31-16-25-21-5-3-4-20(21)13-30(25)15-24(31)18-6-8-19(9-7-18)28(32)33/h6-12,20-21,24-25,29H,3-5,13-16H2,1-2H3,(H,32,33)/t20-,21-,24+,25+/m0/s1. The SMILES string of the molecule is COc1cc(C)c2[nH]ccc2c1CN1C[C@@H]2[C@H]3CCC[C@H]3CN2C[C@@H]1c1ccc(C(=O)O)cc1. The maximum Gasteiger partial charge on any atom is 0.335 e. The van der Waals surface area contributed by atoms with Crippen molar-refractivity contribution in [1.82, 2.24) is 14.8 Å². The summed E-state index contributed by atoms with van der Waals surface area (Å²) < 4.78 is 5.87. The summed E-state index contributed by atoms with van der Waals surface area (Å²) in [6.45, 7) is 6.17. The van der Waals surface area contributed by atoms with Gasteiger partial charge in [-0.1, -0.05) is 18.6 Å². The summed E-state index contributed by atoms with van der Waals surface area (Å²) in [7, 11) is 1.76. The molecule has 6 nitrogen and oxygen atoms in total. The highest BCUT2D eigenvalue weighted by Crippen LogP contribution is 2.46. The van der Waals surface area contributed by atoms with E-state index in [0.29, 0.717) is 11.6 Å². The van der Waals surface area contributed by atoms with Crippen LogP contribution in [0.4, 0.5) is 0 Å². The zero-order chi connectivity index (χ0) is 23.4. The lowest BCUT2D eigenvalue weighted by molar-refractivity contribution is 0.0313. The van der Waals surface area contributed by atoms with E-state index in [1.54, 1.807) is 19.2 Å². The van der Waals surface area contributed by atoms with Gasteiger partial charge in [0.25, 0.3) is 0 Å². The van der Waals surface area contributed by atoms with Gasteiger partial charge in [-0.25, -0.2) is 4.79 Å². The van der Waals surface area contributed by atoms with Crippen molar-refractivity contribution in [3.05, 3.63) is 64.8 Å². The average molecular weight is 460 g/mol. The number of carboxylic acid groups (broad SMARTS) is 1. The molecule has 0 unspecified atom stereocenters. The van der Waals surface area contributed by atoms with Crippen LogP contribution in [0, 0.1) is 18.8 Å². The van der Waals surface area contributed by atoms with Crippen molar-refractivity contribution in [2.75, 3.05) is 26.7 Å². The molecule has 6 heteroatoms. The fourth-order valence-corrected chi connectivity index (χ4v) is 6.99. The van der Waals surface area contributed by atoms with Crippen molar-refractivity contribution in [3.63, 3.8) is 0 Å². The molecule has 2 saturated heterocycles. The van der Waals surface area contributed by atoms with E-state index in [2.05, 4.69) is 33.8 Å². The van der Waals surface area contributed by atoms with Gasteiger partial charge in [0.2, 0.25) is 0 Å². The summed E-state index contributed by atoms with van der Waals surface area (Å²) in [6, 6.07) is 12.7. The van der Waals surface area contributed by atoms with Gasteiger partial charge in [-0.15, -0.1) is 0 Å². The number of fused-ring (bicyclic) bond motifs is 4. The molecule has 1 aliphatic carbocycles. The third-order valence-corrected chi connectivity index (χ3v) is 8.65. The highest BCUT2D eigenvalue weighted by atomic mass is 16.5. The van der Waals surface area contributed by atoms with Crippen LogP contribution in [0.2, 0.25) is 0 Å². The Morgan fingerprint density at radius 2 is 1.97 bits per heavy atom. The van der Waals surface area contributed by atoms with Crippen molar-refractivity contribution in [2.45, 2.75) is 44.8 Å². The molecule has 178 valence electrons. The first kappa shape index (κ1) is 21.7. The summed E-state index contributed by atoms with van der Waals surface area (Å²) in [5, 5.41) is 10.6. The largest absolute Gasteiger partial charge is 0.496 e. The Bertz CT molecular complexity index is 1220. The zero-order valence-electron chi connectivity index (χ0n) is 20.0. The molecule has 4 atom stereocenters. The van der Waals surface area contributed by atoms with Gasteiger partial charge in [0.1, 0.15) is 5.75 Å². The Morgan fingerprint density at radius 1 is 1.15 bits per heavy atom. The van der Waals surface area contributed by atoms with Gasteiger partial charge >= 0.3 is 5.97 Å². The molecule has 3 heterocycles. The Morgan fingerprint density at radius 3 is 2.74 bits per heavy atom. The van der Waals surface area contributed by atoms with Crippen molar-refractivity contribution in [1.29, 1.82) is 0 Å². The number of aryl methyl sites for hydroxylation is 1. The Labute approximate surface area is 200 Å². The monoisotopic (exact) mass is 459 g/mol. The van der Waals surface area contributed by atoms with Gasteiger partial charge in [-0.05, 0) is 67.0 Å². The van der Waals surface area contributed by atoms with Gasteiger partial charge in [-0.2, -0.15) is 0 Å². The van der Waals surface area contributed by atoms with Crippen molar-refractivity contribution in [2.24, 2.45) is 11.8 Å². The summed E-state index contributed by atoms with van der Waals surface area (Å²) in [6.07, 6.45) is 6.11. The first-order valence-corrected chi connectivity index (χ1v) is 12.5. The Kier molecular flexibility index (Phi) is 5.38. The molecule has 0 bridgehead atoms. The summed E-state index contributed by atoms with van der Waals surface area (Å²) in [5.41, 5.74) is 5.13. The molecule has 1 saturated carbocycles. The Balaban J connectivity index is 1.38. The number of aromatic nitrogens is 1. The lowest BCUT2D eigenvalue weighted by atomic mass is 9.90. The summed E-state index contributed by atoms with van der Waals surface area (Å²) in [4.78, 5) is 20.2. The smallest absolute Gasteiger partial charge is 0.335 e. The predicted octanol–water partition coefficient (Wildman–Crippen LogP) is 4.84. The number of piperazine rings is 1. The number of aromatic carboxylic acids is 1. The number of carboxylic acids is 1. The third-order valence-electron chi connectivity index (χ3n) is 8.65. The highest BCUT2D eigenvalue weighted by Gasteiger charge is 2.48. The normalized spacial score (nSPS) is 27.1. The minimum atomic E-state index is -0.876. The fraction of sp³-hybridized carbons (Fsp3) is 0.464. The molecule has 2 aromatic carbocycles. The maximum atomic E-state index is 11.4. The number of carbonyl (C=O) groups is 1. The van der Waals surface area contributed by atoms with E-state index in [0.717, 1.165) is 37.2 Å². The van der Waals surface area contributed by atoms with E-state index in [9.17, 15) is 9.90 Å². The van der Waals surface area contributed by atoms with Crippen LogP contribution in [-0.2, 0) is 6.54 Å². The second-order valence-electron chi connectivity index (χ2n) is 10.4. The number of methoxy groups -OCH3 is 1. The maximum absolute atomic E-state index is 11.4. The molecule has 34 heavy (non-hydrogen) atoms. The van der Waals surface area contributed by atoms with Gasteiger partial charge in [0.15, 0.2) is 0 Å². The molecule has 0 radical (unpaired) electrons. The van der Waals surface area contributed by atoms with Gasteiger partial charge < -0.3 is 14.8 Å². The van der Waals surface area contributed by atoms with E-state index in [1.807, 2.05) is 18.3 Å². The van der Waals surface area contributed by atoms with E-state index >= 15 is 0 Å². The number of rotatable bonds is 5. The quantitative estimate of drug-likeness (QED) is 0.571.